The third kappa shape index (κ3) is 3.36. The number of aromatic nitrogens is 2. The Balaban J connectivity index is 1.98. The smallest absolute Gasteiger partial charge is 0.0728 e. The first-order valence-electron chi connectivity index (χ1n) is 6.48. The van der Waals surface area contributed by atoms with Gasteiger partial charge in [-0.15, -0.1) is 0 Å². The summed E-state index contributed by atoms with van der Waals surface area (Å²) in [6, 6.07) is 10.8. The van der Waals surface area contributed by atoms with Crippen molar-refractivity contribution >= 4 is 5.69 Å². The van der Waals surface area contributed by atoms with Crippen molar-refractivity contribution in [3.8, 4) is 0 Å². The molecule has 0 saturated carbocycles. The Labute approximate surface area is 109 Å². The molecule has 1 aromatic heterocycles. The topological polar surface area (TPSA) is 29.9 Å². The summed E-state index contributed by atoms with van der Waals surface area (Å²) in [6.45, 7) is 7.44. The number of rotatable bonds is 5. The molecule has 1 aromatic carbocycles. The predicted molar refractivity (Wildman–Crippen MR) is 75.7 cm³/mol. The van der Waals surface area contributed by atoms with Crippen molar-refractivity contribution in [2.75, 3.05) is 5.32 Å². The molecule has 0 radical (unpaired) electrons. The molecule has 18 heavy (non-hydrogen) atoms. The van der Waals surface area contributed by atoms with Crippen molar-refractivity contribution in [2.45, 2.75) is 33.4 Å². The first-order valence-corrected chi connectivity index (χ1v) is 6.48. The van der Waals surface area contributed by atoms with Gasteiger partial charge in [-0.25, -0.2) is 0 Å². The molecule has 0 fully saturated rings. The van der Waals surface area contributed by atoms with E-state index >= 15 is 0 Å². The maximum Gasteiger partial charge on any atom is 0.0728 e. The molecule has 1 unspecified atom stereocenters. The van der Waals surface area contributed by atoms with E-state index in [0.29, 0.717) is 12.0 Å². The standard InChI is InChI=1S/C15H21N3/c1-12(2)13(3)17-15-9-16-18(11-15)10-14-7-5-4-6-8-14/h4-9,11-13,17H,10H2,1-3H3. The van der Waals surface area contributed by atoms with Gasteiger partial charge in [-0.3, -0.25) is 4.68 Å². The van der Waals surface area contributed by atoms with Crippen LogP contribution in [0, 0.1) is 5.92 Å². The third-order valence-corrected chi connectivity index (χ3v) is 3.21. The monoisotopic (exact) mass is 243 g/mol. The van der Waals surface area contributed by atoms with E-state index in [0.717, 1.165) is 12.2 Å². The zero-order chi connectivity index (χ0) is 13.0. The van der Waals surface area contributed by atoms with E-state index < -0.39 is 0 Å². The van der Waals surface area contributed by atoms with E-state index in [9.17, 15) is 0 Å². The van der Waals surface area contributed by atoms with E-state index in [4.69, 9.17) is 0 Å². The van der Waals surface area contributed by atoms with Crippen molar-refractivity contribution in [3.05, 3.63) is 48.3 Å². The zero-order valence-electron chi connectivity index (χ0n) is 11.3. The number of nitrogens with one attached hydrogen (secondary N) is 1. The maximum atomic E-state index is 4.38. The Morgan fingerprint density at radius 2 is 1.89 bits per heavy atom. The Morgan fingerprint density at radius 3 is 2.56 bits per heavy atom. The molecule has 2 aromatic rings. The molecule has 3 heteroatoms. The Morgan fingerprint density at radius 1 is 1.17 bits per heavy atom. The number of hydrogen-bond acceptors (Lipinski definition) is 2. The minimum atomic E-state index is 0.458. The average molecular weight is 243 g/mol. The molecule has 0 spiro atoms. The molecule has 1 atom stereocenters. The van der Waals surface area contributed by atoms with E-state index in [-0.39, 0.29) is 0 Å². The number of hydrogen-bond donors (Lipinski definition) is 1. The van der Waals surface area contributed by atoms with E-state index in [2.05, 4.69) is 61.6 Å². The summed E-state index contributed by atoms with van der Waals surface area (Å²) >= 11 is 0. The Hall–Kier alpha value is -1.77. The molecule has 0 aliphatic heterocycles. The summed E-state index contributed by atoms with van der Waals surface area (Å²) in [5.74, 6) is 0.613. The minimum Gasteiger partial charge on any atom is -0.380 e. The van der Waals surface area contributed by atoms with Gasteiger partial charge in [0.05, 0.1) is 18.4 Å². The van der Waals surface area contributed by atoms with Crippen molar-refractivity contribution in [2.24, 2.45) is 5.92 Å². The van der Waals surface area contributed by atoms with Gasteiger partial charge in [0.25, 0.3) is 0 Å². The van der Waals surface area contributed by atoms with Crippen LogP contribution in [0.2, 0.25) is 0 Å². The summed E-state index contributed by atoms with van der Waals surface area (Å²) in [4.78, 5) is 0. The molecule has 1 N–H and O–H groups in total. The summed E-state index contributed by atoms with van der Waals surface area (Å²) in [6.07, 6.45) is 3.95. The Kier molecular flexibility index (Phi) is 4.03. The van der Waals surface area contributed by atoms with Crippen LogP contribution in [-0.4, -0.2) is 15.8 Å². The van der Waals surface area contributed by atoms with Gasteiger partial charge >= 0.3 is 0 Å². The van der Waals surface area contributed by atoms with Crippen molar-refractivity contribution in [1.82, 2.24) is 9.78 Å². The highest BCUT2D eigenvalue weighted by molar-refractivity contribution is 5.39. The van der Waals surface area contributed by atoms with Gasteiger partial charge in [-0.05, 0) is 18.4 Å². The van der Waals surface area contributed by atoms with Gasteiger partial charge in [0.1, 0.15) is 0 Å². The van der Waals surface area contributed by atoms with Crippen molar-refractivity contribution < 1.29 is 0 Å². The average Bonchev–Trinajstić information content (AvgIpc) is 2.77. The minimum absolute atomic E-state index is 0.458. The van der Waals surface area contributed by atoms with Crippen LogP contribution >= 0.6 is 0 Å². The molecular formula is C15H21N3. The second kappa shape index (κ2) is 5.71. The van der Waals surface area contributed by atoms with Gasteiger partial charge in [0.2, 0.25) is 0 Å². The van der Waals surface area contributed by atoms with Crippen LogP contribution in [-0.2, 0) is 6.54 Å². The van der Waals surface area contributed by atoms with Crippen molar-refractivity contribution in [3.63, 3.8) is 0 Å². The zero-order valence-corrected chi connectivity index (χ0v) is 11.3. The van der Waals surface area contributed by atoms with Gasteiger partial charge in [-0.2, -0.15) is 5.10 Å². The largest absolute Gasteiger partial charge is 0.380 e. The lowest BCUT2D eigenvalue weighted by Gasteiger charge is -2.16. The van der Waals surface area contributed by atoms with Crippen LogP contribution in [0.5, 0.6) is 0 Å². The van der Waals surface area contributed by atoms with Gasteiger partial charge < -0.3 is 5.32 Å². The van der Waals surface area contributed by atoms with E-state index in [1.807, 2.05) is 16.9 Å². The lowest BCUT2D eigenvalue weighted by atomic mass is 10.1. The number of nitrogens with zero attached hydrogens (tertiary/aromatic N) is 2. The fourth-order valence-electron chi connectivity index (χ4n) is 1.72. The quantitative estimate of drug-likeness (QED) is 0.872. The third-order valence-electron chi connectivity index (χ3n) is 3.21. The predicted octanol–water partition coefficient (Wildman–Crippen LogP) is 3.39. The van der Waals surface area contributed by atoms with E-state index in [1.165, 1.54) is 5.56 Å². The fraction of sp³-hybridized carbons (Fsp3) is 0.400. The SMILES string of the molecule is CC(C)C(C)Nc1cnn(Cc2ccccc2)c1. The molecule has 0 amide bonds. The Bertz CT molecular complexity index is 473. The van der Waals surface area contributed by atoms with Crippen LogP contribution in [0.4, 0.5) is 5.69 Å². The first-order chi connectivity index (χ1) is 8.65. The lowest BCUT2D eigenvalue weighted by molar-refractivity contribution is 0.560. The number of anilines is 1. The molecule has 0 aliphatic rings. The van der Waals surface area contributed by atoms with Crippen LogP contribution in [0.1, 0.15) is 26.3 Å². The van der Waals surface area contributed by atoms with Crippen LogP contribution in [0.15, 0.2) is 42.7 Å². The molecule has 1 heterocycles. The molecule has 96 valence electrons. The molecule has 0 saturated heterocycles. The molecule has 3 nitrogen and oxygen atoms in total. The highest BCUT2D eigenvalue weighted by atomic mass is 15.3. The normalized spacial score (nSPS) is 12.7. The molecular weight excluding hydrogens is 222 g/mol. The lowest BCUT2D eigenvalue weighted by Crippen LogP contribution is -2.21. The summed E-state index contributed by atoms with van der Waals surface area (Å²) in [5, 5.41) is 7.84. The highest BCUT2D eigenvalue weighted by Crippen LogP contribution is 2.12. The van der Waals surface area contributed by atoms with Crippen LogP contribution in [0.3, 0.4) is 0 Å². The molecule has 0 bridgehead atoms. The summed E-state index contributed by atoms with van der Waals surface area (Å²) in [7, 11) is 0. The van der Waals surface area contributed by atoms with Gasteiger partial charge in [-0.1, -0.05) is 44.2 Å². The van der Waals surface area contributed by atoms with E-state index in [1.54, 1.807) is 0 Å². The molecule has 2 rings (SSSR count). The van der Waals surface area contributed by atoms with Crippen LogP contribution < -0.4 is 5.32 Å². The maximum absolute atomic E-state index is 4.38. The number of benzene rings is 1. The fourth-order valence-corrected chi connectivity index (χ4v) is 1.72. The molecule has 0 aliphatic carbocycles. The van der Waals surface area contributed by atoms with Crippen LogP contribution in [0.25, 0.3) is 0 Å². The summed E-state index contributed by atoms with van der Waals surface area (Å²) in [5.41, 5.74) is 2.36. The summed E-state index contributed by atoms with van der Waals surface area (Å²) < 4.78 is 1.96. The second-order valence-electron chi connectivity index (χ2n) is 5.09. The first kappa shape index (κ1) is 12.7. The highest BCUT2D eigenvalue weighted by Gasteiger charge is 2.07. The van der Waals surface area contributed by atoms with Gasteiger partial charge in [0, 0.05) is 12.2 Å². The second-order valence-corrected chi connectivity index (χ2v) is 5.09. The van der Waals surface area contributed by atoms with Crippen molar-refractivity contribution in [1.29, 1.82) is 0 Å². The van der Waals surface area contributed by atoms with Gasteiger partial charge in [0.15, 0.2) is 0 Å².